The monoisotopic (exact) mass is 339 g/mol. The molecule has 0 atom stereocenters. The van der Waals surface area contributed by atoms with Gasteiger partial charge in [-0.15, -0.1) is 0 Å². The largest absolute Gasteiger partial charge is 0.416 e. The van der Waals surface area contributed by atoms with Gasteiger partial charge in [0.2, 0.25) is 0 Å². The summed E-state index contributed by atoms with van der Waals surface area (Å²) in [6, 6.07) is 3.75. The second kappa shape index (κ2) is 6.12. The highest BCUT2D eigenvalue weighted by atomic mass is 19.4. The third-order valence-corrected chi connectivity index (χ3v) is 4.36. The molecular weight excluding hydrogens is 319 g/mol. The molecular formula is C17H20F3N3O. The summed E-state index contributed by atoms with van der Waals surface area (Å²) in [6.45, 7) is 1.90. The number of fused-ring (bicyclic) bond motifs is 3. The van der Waals surface area contributed by atoms with Gasteiger partial charge in [-0.3, -0.25) is 4.79 Å². The SMILES string of the molecule is CN(C)CCCn1c2c(c3cc(C(F)(F)F)ccc31)CCNC2=O. The number of carbonyl (C=O) groups excluding carboxylic acids is 1. The van der Waals surface area contributed by atoms with Gasteiger partial charge in [-0.05, 0) is 57.2 Å². The van der Waals surface area contributed by atoms with Gasteiger partial charge in [0.1, 0.15) is 5.69 Å². The lowest BCUT2D eigenvalue weighted by Crippen LogP contribution is -2.33. The Morgan fingerprint density at radius 3 is 2.71 bits per heavy atom. The molecule has 1 aromatic heterocycles. The Bertz CT molecular complexity index is 777. The summed E-state index contributed by atoms with van der Waals surface area (Å²) in [5.41, 5.74) is 1.26. The van der Waals surface area contributed by atoms with Crippen LogP contribution in [-0.4, -0.2) is 42.6 Å². The van der Waals surface area contributed by atoms with Crippen molar-refractivity contribution < 1.29 is 18.0 Å². The summed E-state index contributed by atoms with van der Waals surface area (Å²) in [7, 11) is 3.93. The van der Waals surface area contributed by atoms with Gasteiger partial charge in [0, 0.05) is 24.0 Å². The lowest BCUT2D eigenvalue weighted by Gasteiger charge is -2.17. The summed E-state index contributed by atoms with van der Waals surface area (Å²) in [4.78, 5) is 14.3. The number of carbonyl (C=O) groups is 1. The first-order valence-corrected chi connectivity index (χ1v) is 7.94. The number of rotatable bonds is 4. The van der Waals surface area contributed by atoms with Gasteiger partial charge in [-0.25, -0.2) is 0 Å². The maximum atomic E-state index is 13.0. The van der Waals surface area contributed by atoms with Crippen LogP contribution in [0.15, 0.2) is 18.2 Å². The highest BCUT2D eigenvalue weighted by molar-refractivity contribution is 6.03. The van der Waals surface area contributed by atoms with E-state index in [9.17, 15) is 18.0 Å². The van der Waals surface area contributed by atoms with Crippen LogP contribution in [-0.2, 0) is 19.1 Å². The molecule has 4 nitrogen and oxygen atoms in total. The van der Waals surface area contributed by atoms with E-state index >= 15 is 0 Å². The summed E-state index contributed by atoms with van der Waals surface area (Å²) in [5.74, 6) is -0.203. The molecule has 1 aliphatic rings. The third kappa shape index (κ3) is 3.00. The van der Waals surface area contributed by atoms with Crippen LogP contribution < -0.4 is 5.32 Å². The molecule has 1 aliphatic heterocycles. The van der Waals surface area contributed by atoms with Crippen molar-refractivity contribution in [3.63, 3.8) is 0 Å². The van der Waals surface area contributed by atoms with Gasteiger partial charge in [0.25, 0.3) is 5.91 Å². The van der Waals surface area contributed by atoms with E-state index in [1.807, 2.05) is 23.6 Å². The molecule has 2 aromatic rings. The molecule has 130 valence electrons. The van der Waals surface area contributed by atoms with Crippen LogP contribution in [0, 0.1) is 0 Å². The van der Waals surface area contributed by atoms with Crippen LogP contribution in [0.3, 0.4) is 0 Å². The second-order valence-corrected chi connectivity index (χ2v) is 6.37. The zero-order valence-corrected chi connectivity index (χ0v) is 13.7. The topological polar surface area (TPSA) is 37.3 Å². The predicted molar refractivity (Wildman–Crippen MR) is 86.1 cm³/mol. The average molecular weight is 339 g/mol. The zero-order valence-electron chi connectivity index (χ0n) is 13.7. The van der Waals surface area contributed by atoms with E-state index in [2.05, 4.69) is 5.32 Å². The van der Waals surface area contributed by atoms with Crippen molar-refractivity contribution in [2.75, 3.05) is 27.2 Å². The number of hydrogen-bond acceptors (Lipinski definition) is 2. The molecule has 7 heteroatoms. The number of benzene rings is 1. The van der Waals surface area contributed by atoms with Crippen LogP contribution >= 0.6 is 0 Å². The lowest BCUT2D eigenvalue weighted by atomic mass is 10.0. The first-order valence-electron chi connectivity index (χ1n) is 7.94. The first kappa shape index (κ1) is 16.8. The van der Waals surface area contributed by atoms with Crippen molar-refractivity contribution in [2.24, 2.45) is 0 Å². The van der Waals surface area contributed by atoms with Crippen LogP contribution in [0.1, 0.15) is 28.0 Å². The normalized spacial score (nSPS) is 15.0. The highest BCUT2D eigenvalue weighted by Gasteiger charge is 2.32. The molecule has 0 saturated heterocycles. The summed E-state index contributed by atoms with van der Waals surface area (Å²) in [6.07, 6.45) is -3.01. The van der Waals surface area contributed by atoms with Crippen molar-refractivity contribution in [2.45, 2.75) is 25.6 Å². The summed E-state index contributed by atoms with van der Waals surface area (Å²) in [5, 5.41) is 3.33. The minimum atomic E-state index is -4.38. The van der Waals surface area contributed by atoms with Crippen LogP contribution in [0.4, 0.5) is 13.2 Å². The molecule has 0 radical (unpaired) electrons. The number of amides is 1. The Kier molecular flexibility index (Phi) is 4.29. The molecule has 1 aromatic carbocycles. The molecule has 0 unspecified atom stereocenters. The first-order chi connectivity index (χ1) is 11.3. The average Bonchev–Trinajstić information content (AvgIpc) is 2.81. The van der Waals surface area contributed by atoms with E-state index in [4.69, 9.17) is 0 Å². The van der Waals surface area contributed by atoms with E-state index < -0.39 is 11.7 Å². The molecule has 0 spiro atoms. The number of nitrogens with zero attached hydrogens (tertiary/aromatic N) is 2. The Balaban J connectivity index is 2.11. The fourth-order valence-corrected chi connectivity index (χ4v) is 3.28. The zero-order chi connectivity index (χ0) is 17.5. The Morgan fingerprint density at radius 1 is 1.29 bits per heavy atom. The molecule has 1 amide bonds. The molecule has 1 N–H and O–H groups in total. The number of hydrogen-bond donors (Lipinski definition) is 1. The van der Waals surface area contributed by atoms with Crippen LogP contribution in [0.25, 0.3) is 10.9 Å². The van der Waals surface area contributed by atoms with E-state index in [0.29, 0.717) is 36.1 Å². The maximum Gasteiger partial charge on any atom is 0.416 e. The molecule has 3 rings (SSSR count). The maximum absolute atomic E-state index is 13.0. The van der Waals surface area contributed by atoms with E-state index in [-0.39, 0.29) is 5.91 Å². The van der Waals surface area contributed by atoms with Crippen molar-refractivity contribution in [3.8, 4) is 0 Å². The number of aromatic nitrogens is 1. The highest BCUT2D eigenvalue weighted by Crippen LogP contribution is 2.35. The molecule has 2 heterocycles. The van der Waals surface area contributed by atoms with Gasteiger partial charge < -0.3 is 14.8 Å². The molecule has 24 heavy (non-hydrogen) atoms. The Morgan fingerprint density at radius 2 is 2.04 bits per heavy atom. The number of alkyl halides is 3. The van der Waals surface area contributed by atoms with Gasteiger partial charge >= 0.3 is 6.18 Å². The summed E-state index contributed by atoms with van der Waals surface area (Å²) < 4.78 is 41.0. The van der Waals surface area contributed by atoms with Gasteiger partial charge in [-0.1, -0.05) is 0 Å². The number of nitrogens with one attached hydrogen (secondary N) is 1. The van der Waals surface area contributed by atoms with Crippen LogP contribution in [0.5, 0.6) is 0 Å². The molecule has 0 fully saturated rings. The second-order valence-electron chi connectivity index (χ2n) is 6.37. The number of halogens is 3. The Hall–Kier alpha value is -2.02. The van der Waals surface area contributed by atoms with E-state index in [1.54, 1.807) is 0 Å². The van der Waals surface area contributed by atoms with Crippen molar-refractivity contribution in [1.82, 2.24) is 14.8 Å². The standard InChI is InChI=1S/C17H20F3N3O/c1-22(2)8-3-9-23-14-5-4-11(17(18,19)20)10-13(14)12-6-7-21-16(24)15(12)23/h4-5,10H,3,6-9H2,1-2H3,(H,21,24). The van der Waals surface area contributed by atoms with E-state index in [1.165, 1.54) is 12.1 Å². The smallest absolute Gasteiger partial charge is 0.350 e. The fourth-order valence-electron chi connectivity index (χ4n) is 3.28. The minimum absolute atomic E-state index is 0.203. The Labute approximate surface area is 138 Å². The molecule has 0 saturated carbocycles. The van der Waals surface area contributed by atoms with Crippen LogP contribution in [0.2, 0.25) is 0 Å². The lowest BCUT2D eigenvalue weighted by molar-refractivity contribution is -0.137. The van der Waals surface area contributed by atoms with Gasteiger partial charge in [0.05, 0.1) is 5.56 Å². The van der Waals surface area contributed by atoms with E-state index in [0.717, 1.165) is 24.6 Å². The van der Waals surface area contributed by atoms with Crippen molar-refractivity contribution >= 4 is 16.8 Å². The van der Waals surface area contributed by atoms with Gasteiger partial charge in [0.15, 0.2) is 0 Å². The molecule has 0 aliphatic carbocycles. The number of aryl methyl sites for hydroxylation is 1. The quantitative estimate of drug-likeness (QED) is 0.930. The predicted octanol–water partition coefficient (Wildman–Crippen LogP) is 2.90. The van der Waals surface area contributed by atoms with Gasteiger partial charge in [-0.2, -0.15) is 13.2 Å². The minimum Gasteiger partial charge on any atom is -0.350 e. The third-order valence-electron chi connectivity index (χ3n) is 4.36. The summed E-state index contributed by atoms with van der Waals surface area (Å²) >= 11 is 0. The fraction of sp³-hybridized carbons (Fsp3) is 0.471. The van der Waals surface area contributed by atoms with Crippen molar-refractivity contribution in [1.29, 1.82) is 0 Å². The van der Waals surface area contributed by atoms with Crippen molar-refractivity contribution in [3.05, 3.63) is 35.0 Å². The molecule has 0 bridgehead atoms.